The summed E-state index contributed by atoms with van der Waals surface area (Å²) in [5.41, 5.74) is -4.97. The van der Waals surface area contributed by atoms with Gasteiger partial charge in [-0.3, -0.25) is 4.98 Å². The second-order valence-electron chi connectivity index (χ2n) is 7.94. The first-order valence-corrected chi connectivity index (χ1v) is 10.5. The summed E-state index contributed by atoms with van der Waals surface area (Å²) in [6.45, 7) is 7.47. The molecule has 0 atom stereocenters. The topological polar surface area (TPSA) is 30.1 Å². The third-order valence-corrected chi connectivity index (χ3v) is 5.37. The number of halogens is 9. The van der Waals surface area contributed by atoms with Crippen LogP contribution in [0.15, 0.2) is 72.8 Å². The lowest BCUT2D eigenvalue weighted by molar-refractivity contribution is -0.138. The fourth-order valence-electron chi connectivity index (χ4n) is 3.63. The van der Waals surface area contributed by atoms with Crippen molar-refractivity contribution in [3.05, 3.63) is 101 Å². The van der Waals surface area contributed by atoms with Gasteiger partial charge in [0.1, 0.15) is 5.69 Å². The van der Waals surface area contributed by atoms with E-state index in [-0.39, 0.29) is 33.8 Å². The van der Waals surface area contributed by atoms with Crippen LogP contribution >= 0.6 is 0 Å². The van der Waals surface area contributed by atoms with Gasteiger partial charge in [-0.1, -0.05) is 43.0 Å². The van der Waals surface area contributed by atoms with E-state index < -0.39 is 41.0 Å². The van der Waals surface area contributed by atoms with E-state index in [2.05, 4.69) is 14.8 Å². The Balaban J connectivity index is 2.04. The summed E-state index contributed by atoms with van der Waals surface area (Å²) < 4.78 is 120. The second kappa shape index (κ2) is 9.48. The van der Waals surface area contributed by atoms with Crippen molar-refractivity contribution < 1.29 is 39.5 Å². The van der Waals surface area contributed by atoms with Crippen LogP contribution in [0.25, 0.3) is 38.6 Å². The van der Waals surface area contributed by atoms with Crippen LogP contribution in [-0.2, 0) is 18.5 Å². The van der Waals surface area contributed by atoms with Crippen LogP contribution in [0, 0.1) is 6.57 Å². The SMILES string of the molecule is [C-]#[N+]c1nc(-c2cccc(C(F)(F)F)c2)c(-c2cccc(C(F)(F)F)c2)nc1-c1cccc(C(F)(F)F)c1. The number of hydrogen-bond donors (Lipinski definition) is 0. The van der Waals surface area contributed by atoms with Gasteiger partial charge in [0.25, 0.3) is 5.82 Å². The van der Waals surface area contributed by atoms with E-state index in [0.29, 0.717) is 18.2 Å². The highest BCUT2D eigenvalue weighted by Gasteiger charge is 2.34. The summed E-state index contributed by atoms with van der Waals surface area (Å²) in [5, 5.41) is 0. The lowest BCUT2D eigenvalue weighted by atomic mass is 9.99. The van der Waals surface area contributed by atoms with Crippen molar-refractivity contribution in [1.82, 2.24) is 9.97 Å². The molecule has 4 rings (SSSR count). The molecule has 0 saturated heterocycles. The third kappa shape index (κ3) is 5.46. The molecule has 0 amide bonds. The minimum Gasteiger partial charge on any atom is -0.359 e. The lowest BCUT2D eigenvalue weighted by Crippen LogP contribution is -2.07. The molecule has 3 nitrogen and oxygen atoms in total. The molecule has 0 fully saturated rings. The highest BCUT2D eigenvalue weighted by Crippen LogP contribution is 2.41. The molecule has 0 unspecified atom stereocenters. The average Bonchev–Trinajstić information content (AvgIpc) is 2.86. The summed E-state index contributed by atoms with van der Waals surface area (Å²) in [4.78, 5) is 11.5. The Labute approximate surface area is 209 Å². The van der Waals surface area contributed by atoms with E-state index in [9.17, 15) is 39.5 Å². The predicted molar refractivity (Wildman–Crippen MR) is 120 cm³/mol. The number of benzene rings is 3. The molecular weight excluding hydrogens is 525 g/mol. The van der Waals surface area contributed by atoms with Gasteiger partial charge < -0.3 is 4.85 Å². The van der Waals surface area contributed by atoms with Crippen molar-refractivity contribution in [2.24, 2.45) is 0 Å². The molecule has 0 aliphatic heterocycles. The molecule has 0 aliphatic rings. The molecule has 0 spiro atoms. The number of aromatic nitrogens is 2. The molecule has 194 valence electrons. The first kappa shape index (κ1) is 26.7. The molecule has 0 bridgehead atoms. The van der Waals surface area contributed by atoms with Crippen molar-refractivity contribution in [1.29, 1.82) is 0 Å². The molecule has 3 aromatic carbocycles. The molecule has 4 aromatic rings. The first-order chi connectivity index (χ1) is 17.7. The maximum Gasteiger partial charge on any atom is 0.416 e. The zero-order valence-electron chi connectivity index (χ0n) is 18.7. The molecular formula is C26H12F9N3. The monoisotopic (exact) mass is 537 g/mol. The van der Waals surface area contributed by atoms with Gasteiger partial charge in [0.05, 0.1) is 22.4 Å². The predicted octanol–water partition coefficient (Wildman–Crippen LogP) is 9.08. The van der Waals surface area contributed by atoms with Crippen LogP contribution < -0.4 is 0 Å². The Morgan fingerprint density at radius 3 is 1.18 bits per heavy atom. The highest BCUT2D eigenvalue weighted by atomic mass is 19.4. The van der Waals surface area contributed by atoms with Gasteiger partial charge in [-0.2, -0.15) is 39.5 Å². The summed E-state index contributed by atoms with van der Waals surface area (Å²) >= 11 is 0. The smallest absolute Gasteiger partial charge is 0.359 e. The van der Waals surface area contributed by atoms with E-state index in [1.165, 1.54) is 18.2 Å². The molecule has 1 heterocycles. The lowest BCUT2D eigenvalue weighted by Gasteiger charge is -2.14. The van der Waals surface area contributed by atoms with Gasteiger partial charge in [0.15, 0.2) is 5.69 Å². The molecule has 12 heteroatoms. The Morgan fingerprint density at radius 2 is 0.842 bits per heavy atom. The Morgan fingerprint density at radius 1 is 0.500 bits per heavy atom. The summed E-state index contributed by atoms with van der Waals surface area (Å²) in [7, 11) is 0. The summed E-state index contributed by atoms with van der Waals surface area (Å²) in [5.74, 6) is -0.549. The van der Waals surface area contributed by atoms with E-state index in [4.69, 9.17) is 6.57 Å². The van der Waals surface area contributed by atoms with Crippen LogP contribution in [0.3, 0.4) is 0 Å². The van der Waals surface area contributed by atoms with Crippen LogP contribution in [-0.4, -0.2) is 9.97 Å². The standard InChI is InChI=1S/C26H12F9N3/c1-36-23-22(16-7-4-10-19(13-16)26(33,34)35)37-20(14-5-2-8-17(11-14)24(27,28)29)21(38-23)15-6-3-9-18(12-15)25(30,31)32/h2-13H. The number of rotatable bonds is 3. The van der Waals surface area contributed by atoms with Crippen molar-refractivity contribution in [2.75, 3.05) is 0 Å². The Kier molecular flexibility index (Phi) is 6.65. The van der Waals surface area contributed by atoms with Gasteiger partial charge in [0, 0.05) is 11.1 Å². The fraction of sp³-hybridized carbons (Fsp3) is 0.115. The van der Waals surface area contributed by atoms with Gasteiger partial charge in [-0.15, -0.1) is 4.98 Å². The Hall–Kier alpha value is -4.40. The quantitative estimate of drug-likeness (QED) is 0.193. The van der Waals surface area contributed by atoms with Gasteiger partial charge in [0.2, 0.25) is 0 Å². The zero-order valence-corrected chi connectivity index (χ0v) is 18.7. The van der Waals surface area contributed by atoms with Crippen molar-refractivity contribution in [3.8, 4) is 33.8 Å². The van der Waals surface area contributed by atoms with E-state index >= 15 is 0 Å². The van der Waals surface area contributed by atoms with Crippen molar-refractivity contribution in [3.63, 3.8) is 0 Å². The van der Waals surface area contributed by atoms with Gasteiger partial charge in [-0.05, 0) is 42.0 Å². The minimum absolute atomic E-state index is 0.206. The number of hydrogen-bond acceptors (Lipinski definition) is 2. The minimum atomic E-state index is -4.78. The van der Waals surface area contributed by atoms with Gasteiger partial charge in [-0.25, -0.2) is 0 Å². The van der Waals surface area contributed by atoms with E-state index in [0.717, 1.165) is 36.4 Å². The highest BCUT2D eigenvalue weighted by molar-refractivity contribution is 5.84. The fourth-order valence-corrected chi connectivity index (χ4v) is 3.63. The summed E-state index contributed by atoms with van der Waals surface area (Å²) in [6, 6.07) is 11.1. The van der Waals surface area contributed by atoms with Crippen LogP contribution in [0.4, 0.5) is 45.3 Å². The largest absolute Gasteiger partial charge is 0.416 e. The van der Waals surface area contributed by atoms with E-state index in [1.54, 1.807) is 0 Å². The van der Waals surface area contributed by atoms with Crippen molar-refractivity contribution in [2.45, 2.75) is 18.5 Å². The van der Waals surface area contributed by atoms with Crippen LogP contribution in [0.5, 0.6) is 0 Å². The first-order valence-electron chi connectivity index (χ1n) is 10.5. The Bertz CT molecular complexity index is 1550. The van der Waals surface area contributed by atoms with Gasteiger partial charge >= 0.3 is 18.5 Å². The van der Waals surface area contributed by atoms with Crippen LogP contribution in [0.2, 0.25) is 0 Å². The summed E-state index contributed by atoms with van der Waals surface area (Å²) in [6.07, 6.45) is -14.3. The normalized spacial score (nSPS) is 12.3. The maximum atomic E-state index is 13.4. The molecule has 38 heavy (non-hydrogen) atoms. The molecule has 1 aromatic heterocycles. The molecule has 0 N–H and O–H groups in total. The number of alkyl halides is 9. The maximum absolute atomic E-state index is 13.4. The van der Waals surface area contributed by atoms with E-state index in [1.807, 2.05) is 0 Å². The third-order valence-electron chi connectivity index (χ3n) is 5.37. The molecule has 0 saturated carbocycles. The van der Waals surface area contributed by atoms with Crippen LogP contribution in [0.1, 0.15) is 16.7 Å². The second-order valence-corrected chi connectivity index (χ2v) is 7.94. The average molecular weight is 537 g/mol. The van der Waals surface area contributed by atoms with Crippen molar-refractivity contribution >= 4 is 5.82 Å². The number of nitrogens with zero attached hydrogens (tertiary/aromatic N) is 3. The molecule has 0 aliphatic carbocycles. The molecule has 0 radical (unpaired) electrons. The zero-order chi connectivity index (χ0) is 27.9.